The van der Waals surface area contributed by atoms with Crippen molar-refractivity contribution >= 4 is 17.2 Å². The van der Waals surface area contributed by atoms with Crippen molar-refractivity contribution in [3.8, 4) is 0 Å². The Bertz CT molecular complexity index is 698. The molecule has 0 aliphatic rings. The fraction of sp³-hybridized carbons (Fsp3) is 1.00. The average Bonchev–Trinajstić information content (AvgIpc) is 3.19. The molecule has 0 amide bonds. The van der Waals surface area contributed by atoms with E-state index in [4.69, 9.17) is 11.2 Å². The number of halogens is 5. The van der Waals surface area contributed by atoms with Gasteiger partial charge in [-0.1, -0.05) is 27.7 Å². The van der Waals surface area contributed by atoms with Gasteiger partial charge in [0.25, 0.3) is 0 Å². The summed E-state index contributed by atoms with van der Waals surface area (Å²) in [6.45, 7) is 8.93. The molecular weight excluding hydrogens is 767 g/mol. The molecule has 0 N–H and O–H groups in total. The minimum absolute atomic E-state index is 0.526. The van der Waals surface area contributed by atoms with E-state index in [1.807, 2.05) is 0 Å². The van der Waals surface area contributed by atoms with Crippen molar-refractivity contribution in [2.75, 3.05) is 24.6 Å². The number of alkyl halides is 4. The van der Waals surface area contributed by atoms with E-state index in [9.17, 15) is 0 Å². The quantitative estimate of drug-likeness (QED) is 0.0325. The molecule has 0 saturated carbocycles. The Morgan fingerprint density at radius 1 is 0.259 bits per heavy atom. The molecule has 0 aliphatic heterocycles. The smallest absolute Gasteiger partial charge is 0.0654 e. The van der Waals surface area contributed by atoms with Crippen LogP contribution in [0.4, 0.5) is 17.6 Å². The Morgan fingerprint density at radius 3 is 0.603 bits per heavy atom. The molecule has 4 atom stereocenters. The zero-order valence-corrected chi connectivity index (χ0v) is 41.4. The molecule has 0 fully saturated rings. The molecule has 0 heterocycles. The van der Waals surface area contributed by atoms with Crippen molar-refractivity contribution in [2.45, 2.75) is 309 Å². The van der Waals surface area contributed by atoms with Crippen molar-refractivity contribution in [2.24, 2.45) is 0 Å². The second-order valence-electron chi connectivity index (χ2n) is 19.3. The Kier molecular flexibility index (Phi) is 41.8. The van der Waals surface area contributed by atoms with E-state index in [1.165, 1.54) is 128 Å². The van der Waals surface area contributed by atoms with Gasteiger partial charge in [0, 0.05) is 0 Å². The standard InChI is InChI=1S/C52H104ClF4P/c1-5-9-13-17-21-25-29-37-49(54)41-33-45-58(53,46-34-42-50(55)38-30-26-22-18-14-10-6-2,47-35-43-51(56)39-31-27-23-19-15-11-7-3)48-36-44-52(57)40-32-28-24-20-16-12-8-4/h49-52H,5-48H2,1-4H3. The Hall–Kier alpha value is 0.440. The summed E-state index contributed by atoms with van der Waals surface area (Å²) in [4.78, 5) is 0. The molecule has 352 valence electrons. The molecule has 0 spiro atoms. The molecule has 0 aliphatic carbocycles. The second kappa shape index (κ2) is 41.5. The zero-order chi connectivity index (χ0) is 42.9. The topological polar surface area (TPSA) is 0 Å². The van der Waals surface area contributed by atoms with Crippen LogP contribution in [0.15, 0.2) is 0 Å². The van der Waals surface area contributed by atoms with Gasteiger partial charge in [-0.2, -0.15) is 0 Å². The van der Waals surface area contributed by atoms with E-state index >= 15 is 17.6 Å². The van der Waals surface area contributed by atoms with Crippen LogP contribution in [0.25, 0.3) is 0 Å². The maximum atomic E-state index is 15.3. The first-order chi connectivity index (χ1) is 28.1. The van der Waals surface area contributed by atoms with Crippen molar-refractivity contribution < 1.29 is 17.6 Å². The minimum Gasteiger partial charge on any atom is -0.0654 e. The van der Waals surface area contributed by atoms with Gasteiger partial charge in [-0.25, -0.2) is 0 Å². The predicted molar refractivity (Wildman–Crippen MR) is 259 cm³/mol. The first kappa shape index (κ1) is 58.4. The summed E-state index contributed by atoms with van der Waals surface area (Å²) < 4.78 is 61.3. The van der Waals surface area contributed by atoms with Crippen LogP contribution in [0.2, 0.25) is 0 Å². The molecule has 0 aromatic heterocycles. The van der Waals surface area contributed by atoms with Gasteiger partial charge in [0.2, 0.25) is 0 Å². The van der Waals surface area contributed by atoms with E-state index < -0.39 is 30.6 Å². The third-order valence-corrected chi connectivity index (χ3v) is 21.2. The summed E-state index contributed by atoms with van der Waals surface area (Å²) in [6.07, 6.45) is 40.7. The van der Waals surface area contributed by atoms with Crippen molar-refractivity contribution in [3.05, 3.63) is 0 Å². The molecular formula is C52H104ClF4P. The minimum atomic E-state index is -2.99. The van der Waals surface area contributed by atoms with Crippen LogP contribution in [0.5, 0.6) is 0 Å². The fourth-order valence-corrected chi connectivity index (χ4v) is 16.0. The van der Waals surface area contributed by atoms with Crippen LogP contribution < -0.4 is 0 Å². The molecule has 4 unspecified atom stereocenters. The first-order valence-electron chi connectivity index (χ1n) is 26.4. The number of hydrogen-bond donors (Lipinski definition) is 0. The van der Waals surface area contributed by atoms with Gasteiger partial charge in [0.05, 0.1) is 0 Å². The Labute approximate surface area is 367 Å². The monoisotopic (exact) mass is 871 g/mol. The number of hydrogen-bond acceptors (Lipinski definition) is 0. The third kappa shape index (κ3) is 37.0. The Balaban J connectivity index is 5.55. The molecule has 0 aromatic rings. The molecule has 0 rings (SSSR count). The number of rotatable bonds is 48. The van der Waals surface area contributed by atoms with Gasteiger partial charge in [-0.15, -0.1) is 0 Å². The van der Waals surface area contributed by atoms with Crippen LogP contribution in [0.1, 0.15) is 285 Å². The fourth-order valence-electron chi connectivity index (χ4n) is 9.37. The average molecular weight is 872 g/mol. The van der Waals surface area contributed by atoms with Crippen LogP contribution in [0.3, 0.4) is 0 Å². The summed E-state index contributed by atoms with van der Waals surface area (Å²) >= 11 is 8.12. The SMILES string of the molecule is CCCCCCCCCC(F)CCCP(Cl)(CCCC(F)CCCCCCCCC)(CCCC(F)CCCCCCCCC)CCCC(F)CCCCCCCCC. The van der Waals surface area contributed by atoms with Gasteiger partial charge < -0.3 is 0 Å². The summed E-state index contributed by atoms with van der Waals surface area (Å²) in [5, 5.41) is 0. The van der Waals surface area contributed by atoms with Gasteiger partial charge >= 0.3 is 341 Å². The predicted octanol–water partition coefficient (Wildman–Crippen LogP) is 20.7. The summed E-state index contributed by atoms with van der Waals surface area (Å²) in [5.74, 6) is -2.99. The summed E-state index contributed by atoms with van der Waals surface area (Å²) in [5.41, 5.74) is 0. The second-order valence-corrected chi connectivity index (χ2v) is 27.6. The molecule has 58 heavy (non-hydrogen) atoms. The van der Waals surface area contributed by atoms with Crippen molar-refractivity contribution in [3.63, 3.8) is 0 Å². The van der Waals surface area contributed by atoms with Crippen molar-refractivity contribution in [1.82, 2.24) is 0 Å². The molecule has 0 bridgehead atoms. The van der Waals surface area contributed by atoms with E-state index in [2.05, 4.69) is 27.7 Å². The van der Waals surface area contributed by atoms with Crippen LogP contribution >= 0.6 is 17.2 Å². The normalized spacial score (nSPS) is 15.0. The summed E-state index contributed by atoms with van der Waals surface area (Å²) in [7, 11) is 0. The summed E-state index contributed by atoms with van der Waals surface area (Å²) in [6, 6.07) is 0. The molecule has 6 heteroatoms. The van der Waals surface area contributed by atoms with E-state index in [-0.39, 0.29) is 0 Å². The van der Waals surface area contributed by atoms with E-state index in [0.717, 1.165) is 102 Å². The van der Waals surface area contributed by atoms with Crippen LogP contribution in [-0.2, 0) is 0 Å². The van der Waals surface area contributed by atoms with Gasteiger partial charge in [0.15, 0.2) is 0 Å². The van der Waals surface area contributed by atoms with Gasteiger partial charge in [-0.05, 0) is 0 Å². The molecule has 0 aromatic carbocycles. The zero-order valence-electron chi connectivity index (χ0n) is 39.8. The third-order valence-electron chi connectivity index (χ3n) is 13.4. The van der Waals surface area contributed by atoms with E-state index in [1.54, 1.807) is 0 Å². The maximum absolute atomic E-state index is 15.3. The molecule has 0 radical (unpaired) electrons. The molecule has 0 nitrogen and oxygen atoms in total. The van der Waals surface area contributed by atoms with Crippen LogP contribution in [-0.4, -0.2) is 49.3 Å². The van der Waals surface area contributed by atoms with Gasteiger partial charge in [0.1, 0.15) is 0 Å². The number of unbranched alkanes of at least 4 members (excludes halogenated alkanes) is 24. The van der Waals surface area contributed by atoms with Crippen LogP contribution in [0, 0.1) is 0 Å². The first-order valence-corrected chi connectivity index (χ1v) is 30.3. The molecule has 0 saturated heterocycles. The Morgan fingerprint density at radius 2 is 0.414 bits per heavy atom. The van der Waals surface area contributed by atoms with Gasteiger partial charge in [-0.3, -0.25) is 0 Å². The van der Waals surface area contributed by atoms with Crippen molar-refractivity contribution in [1.29, 1.82) is 0 Å². The van der Waals surface area contributed by atoms with E-state index in [0.29, 0.717) is 51.4 Å².